The zero-order valence-corrected chi connectivity index (χ0v) is 20.7. The number of nitrogens with one attached hydrogen (secondary N) is 1. The topological polar surface area (TPSA) is 86.4 Å². The molecule has 0 bridgehead atoms. The Bertz CT molecular complexity index is 1470. The smallest absolute Gasteiger partial charge is 0.262 e. The summed E-state index contributed by atoms with van der Waals surface area (Å²) in [6, 6.07) is 21.6. The van der Waals surface area contributed by atoms with Crippen molar-refractivity contribution in [1.29, 1.82) is 0 Å². The first-order valence-corrected chi connectivity index (χ1v) is 12.8. The van der Waals surface area contributed by atoms with Crippen LogP contribution >= 0.6 is 0 Å². The van der Waals surface area contributed by atoms with Crippen molar-refractivity contribution in [3.8, 4) is 0 Å². The van der Waals surface area contributed by atoms with Gasteiger partial charge in [0.15, 0.2) is 0 Å². The minimum Gasteiger partial charge on any atom is -0.342 e. The highest BCUT2D eigenvalue weighted by Gasteiger charge is 2.44. The van der Waals surface area contributed by atoms with Crippen LogP contribution in [0.4, 0.5) is 0 Å². The number of benzene rings is 3. The van der Waals surface area contributed by atoms with Crippen molar-refractivity contribution >= 4 is 28.8 Å². The maximum absolute atomic E-state index is 13.9. The maximum Gasteiger partial charge on any atom is 0.262 e. The molecule has 2 aliphatic heterocycles. The average Bonchev–Trinajstić information content (AvgIpc) is 3.46. The van der Waals surface area contributed by atoms with E-state index in [-0.39, 0.29) is 18.2 Å². The van der Waals surface area contributed by atoms with E-state index >= 15 is 0 Å². The summed E-state index contributed by atoms with van der Waals surface area (Å²) in [6.45, 7) is 3.16. The molecule has 1 N–H and O–H groups in total. The lowest BCUT2D eigenvalue weighted by atomic mass is 9.94. The number of imide groups is 1. The Hall–Kier alpha value is -4.26. The van der Waals surface area contributed by atoms with E-state index in [1.54, 1.807) is 29.2 Å². The fourth-order valence-corrected chi connectivity index (χ4v) is 5.54. The van der Waals surface area contributed by atoms with Gasteiger partial charge in [0.2, 0.25) is 5.91 Å². The van der Waals surface area contributed by atoms with Crippen LogP contribution in [-0.2, 0) is 11.2 Å². The molecule has 7 heteroatoms. The number of nitrogens with zero attached hydrogens (tertiary/aromatic N) is 3. The van der Waals surface area contributed by atoms with Crippen LogP contribution in [0, 0.1) is 6.92 Å². The predicted octanol–water partition coefficient (Wildman–Crippen LogP) is 4.48. The summed E-state index contributed by atoms with van der Waals surface area (Å²) in [6.07, 6.45) is 1.82. The maximum atomic E-state index is 13.9. The molecule has 37 heavy (non-hydrogen) atoms. The van der Waals surface area contributed by atoms with Crippen molar-refractivity contribution in [3.05, 3.63) is 101 Å². The summed E-state index contributed by atoms with van der Waals surface area (Å²) >= 11 is 0. The van der Waals surface area contributed by atoms with Gasteiger partial charge >= 0.3 is 0 Å². The standard InChI is InChI=1S/C30H28N4O3/c1-19-11-12-24-25(17-19)32-27(31-24)21-13-15-33(16-14-21)30(37)26(18-20-7-3-2-4-8-20)34-28(35)22-9-5-6-10-23(22)29(34)36/h2-12,17,21,26H,13-16,18H2,1H3,(H,31,32). The second-order valence-electron chi connectivity index (χ2n) is 9.97. The number of amides is 3. The fourth-order valence-electron chi connectivity index (χ4n) is 5.54. The molecular formula is C30H28N4O3. The van der Waals surface area contributed by atoms with Crippen LogP contribution in [0.3, 0.4) is 0 Å². The van der Waals surface area contributed by atoms with Gasteiger partial charge in [-0.3, -0.25) is 19.3 Å². The van der Waals surface area contributed by atoms with E-state index in [1.165, 1.54) is 10.5 Å². The van der Waals surface area contributed by atoms with Crippen LogP contribution in [0.1, 0.15) is 56.4 Å². The Morgan fingerprint density at radius 1 is 0.946 bits per heavy atom. The third kappa shape index (κ3) is 4.20. The van der Waals surface area contributed by atoms with Crippen molar-refractivity contribution in [2.45, 2.75) is 38.1 Å². The van der Waals surface area contributed by atoms with Crippen molar-refractivity contribution in [3.63, 3.8) is 0 Å². The first-order chi connectivity index (χ1) is 18.0. The van der Waals surface area contributed by atoms with Crippen LogP contribution in [-0.4, -0.2) is 56.6 Å². The molecule has 0 spiro atoms. The zero-order chi connectivity index (χ0) is 25.5. The molecule has 2 aliphatic rings. The van der Waals surface area contributed by atoms with Gasteiger partial charge in [0.25, 0.3) is 11.8 Å². The first-order valence-electron chi connectivity index (χ1n) is 12.8. The highest BCUT2D eigenvalue weighted by molar-refractivity contribution is 6.22. The number of hydrogen-bond donors (Lipinski definition) is 1. The van der Waals surface area contributed by atoms with Crippen molar-refractivity contribution in [1.82, 2.24) is 19.8 Å². The van der Waals surface area contributed by atoms with E-state index in [2.05, 4.69) is 24.0 Å². The Balaban J connectivity index is 1.23. The van der Waals surface area contributed by atoms with Crippen molar-refractivity contribution < 1.29 is 14.4 Å². The Morgan fingerprint density at radius 3 is 2.27 bits per heavy atom. The molecule has 3 amide bonds. The van der Waals surface area contributed by atoms with Crippen LogP contribution in [0.15, 0.2) is 72.8 Å². The Labute approximate surface area is 215 Å². The Morgan fingerprint density at radius 2 is 1.59 bits per heavy atom. The Kier molecular flexibility index (Phi) is 5.83. The number of likely N-dealkylation sites (tertiary alicyclic amines) is 1. The number of H-pyrrole nitrogens is 1. The lowest BCUT2D eigenvalue weighted by molar-refractivity contribution is -0.136. The molecule has 1 fully saturated rings. The average molecular weight is 493 g/mol. The summed E-state index contributed by atoms with van der Waals surface area (Å²) in [5.74, 6) is 0.194. The summed E-state index contributed by atoms with van der Waals surface area (Å²) in [4.78, 5) is 51.7. The molecule has 186 valence electrons. The lowest BCUT2D eigenvalue weighted by Gasteiger charge is -2.35. The number of imidazole rings is 1. The van der Waals surface area contributed by atoms with E-state index in [9.17, 15) is 14.4 Å². The van der Waals surface area contributed by atoms with Crippen LogP contribution in [0.5, 0.6) is 0 Å². The van der Waals surface area contributed by atoms with E-state index in [1.807, 2.05) is 36.4 Å². The van der Waals surface area contributed by atoms with Gasteiger partial charge in [-0.05, 0) is 55.2 Å². The summed E-state index contributed by atoms with van der Waals surface area (Å²) in [5.41, 5.74) is 4.79. The summed E-state index contributed by atoms with van der Waals surface area (Å²) in [7, 11) is 0. The summed E-state index contributed by atoms with van der Waals surface area (Å²) < 4.78 is 0. The number of carbonyl (C=O) groups excluding carboxylic acids is 3. The van der Waals surface area contributed by atoms with E-state index < -0.39 is 17.9 Å². The molecule has 7 nitrogen and oxygen atoms in total. The molecule has 6 rings (SSSR count). The number of rotatable bonds is 5. The van der Waals surface area contributed by atoms with Gasteiger partial charge in [-0.25, -0.2) is 4.98 Å². The van der Waals surface area contributed by atoms with Crippen molar-refractivity contribution in [2.24, 2.45) is 0 Å². The normalized spacial score (nSPS) is 16.9. The van der Waals surface area contributed by atoms with Gasteiger partial charge < -0.3 is 9.88 Å². The molecular weight excluding hydrogens is 464 g/mol. The molecule has 4 aromatic rings. The highest BCUT2D eigenvalue weighted by Crippen LogP contribution is 2.31. The second kappa shape index (κ2) is 9.32. The third-order valence-electron chi connectivity index (χ3n) is 7.54. The molecule has 0 saturated carbocycles. The molecule has 0 aliphatic carbocycles. The second-order valence-corrected chi connectivity index (χ2v) is 9.97. The van der Waals surface area contributed by atoms with Gasteiger partial charge in [0.1, 0.15) is 11.9 Å². The van der Waals surface area contributed by atoms with Crippen LogP contribution in [0.25, 0.3) is 11.0 Å². The molecule has 3 heterocycles. The number of fused-ring (bicyclic) bond motifs is 2. The van der Waals surface area contributed by atoms with Crippen LogP contribution in [0.2, 0.25) is 0 Å². The third-order valence-corrected chi connectivity index (χ3v) is 7.54. The van der Waals surface area contributed by atoms with Gasteiger partial charge in [0, 0.05) is 25.4 Å². The van der Waals surface area contributed by atoms with Gasteiger partial charge in [-0.2, -0.15) is 0 Å². The lowest BCUT2D eigenvalue weighted by Crippen LogP contribution is -2.53. The SMILES string of the molecule is Cc1ccc2nc(C3CCN(C(=O)C(Cc4ccccc4)N4C(=O)c5ccccc5C4=O)CC3)[nH]c2c1. The van der Waals surface area contributed by atoms with E-state index in [4.69, 9.17) is 4.98 Å². The molecule has 1 unspecified atom stereocenters. The van der Waals surface area contributed by atoms with Gasteiger partial charge in [-0.1, -0.05) is 48.5 Å². The quantitative estimate of drug-likeness (QED) is 0.416. The number of piperidine rings is 1. The number of aryl methyl sites for hydroxylation is 1. The first kappa shape index (κ1) is 23.2. The fraction of sp³-hybridized carbons (Fsp3) is 0.267. The monoisotopic (exact) mass is 492 g/mol. The number of aromatic nitrogens is 2. The molecule has 1 atom stereocenters. The van der Waals surface area contributed by atoms with Crippen molar-refractivity contribution in [2.75, 3.05) is 13.1 Å². The number of aromatic amines is 1. The van der Waals surface area contributed by atoms with Crippen LogP contribution < -0.4 is 0 Å². The minimum absolute atomic E-state index is 0.183. The number of hydrogen-bond acceptors (Lipinski definition) is 4. The number of carbonyl (C=O) groups is 3. The highest BCUT2D eigenvalue weighted by atomic mass is 16.2. The minimum atomic E-state index is -0.888. The molecule has 0 radical (unpaired) electrons. The largest absolute Gasteiger partial charge is 0.342 e. The molecule has 3 aromatic carbocycles. The van der Waals surface area contributed by atoms with Gasteiger partial charge in [-0.15, -0.1) is 0 Å². The van der Waals surface area contributed by atoms with Gasteiger partial charge in [0.05, 0.1) is 22.2 Å². The zero-order valence-electron chi connectivity index (χ0n) is 20.7. The molecule has 1 aromatic heterocycles. The summed E-state index contributed by atoms with van der Waals surface area (Å²) in [5, 5.41) is 0. The van der Waals surface area contributed by atoms with E-state index in [0.29, 0.717) is 24.2 Å². The molecule has 1 saturated heterocycles. The predicted molar refractivity (Wildman–Crippen MR) is 140 cm³/mol. The van der Waals surface area contributed by atoms with E-state index in [0.717, 1.165) is 35.3 Å².